The summed E-state index contributed by atoms with van der Waals surface area (Å²) in [5.41, 5.74) is 0.425. The van der Waals surface area contributed by atoms with E-state index in [9.17, 15) is 8.42 Å². The molecule has 0 saturated carbocycles. The fourth-order valence-corrected chi connectivity index (χ4v) is 2.39. The Morgan fingerprint density at radius 2 is 2.17 bits per heavy atom. The second kappa shape index (κ2) is 4.61. The maximum Gasteiger partial charge on any atom is 0.335 e. The van der Waals surface area contributed by atoms with Crippen molar-refractivity contribution < 1.29 is 12.9 Å². The molecule has 9 heteroatoms. The van der Waals surface area contributed by atoms with Gasteiger partial charge in [-0.25, -0.2) is 13.1 Å². The standard InChI is InChI=1S/C9H11N5O3S/c1-6-12-9(17-13-6)14-18(15,16)8-5-11-4-3-7(8)10-2/h3-5H,1-2H3,(H,10,11)(H,12,13,14). The normalized spacial score (nSPS) is 11.2. The predicted octanol–water partition coefficient (Wildman–Crippen LogP) is 0.616. The van der Waals surface area contributed by atoms with E-state index in [2.05, 4.69) is 25.2 Å². The topological polar surface area (TPSA) is 110 Å². The highest BCUT2D eigenvalue weighted by molar-refractivity contribution is 7.92. The van der Waals surface area contributed by atoms with Gasteiger partial charge in [-0.15, -0.1) is 0 Å². The molecule has 0 aromatic carbocycles. The van der Waals surface area contributed by atoms with Crippen LogP contribution >= 0.6 is 0 Å². The van der Waals surface area contributed by atoms with Crippen molar-refractivity contribution in [3.8, 4) is 0 Å². The Balaban J connectivity index is 2.36. The average molecular weight is 269 g/mol. The van der Waals surface area contributed by atoms with E-state index in [0.29, 0.717) is 11.5 Å². The highest BCUT2D eigenvalue weighted by Crippen LogP contribution is 2.21. The van der Waals surface area contributed by atoms with Crippen LogP contribution in [0.15, 0.2) is 27.9 Å². The molecular weight excluding hydrogens is 258 g/mol. The van der Waals surface area contributed by atoms with Gasteiger partial charge in [-0.1, -0.05) is 5.16 Å². The molecule has 2 aromatic heterocycles. The molecule has 0 atom stereocenters. The highest BCUT2D eigenvalue weighted by atomic mass is 32.2. The van der Waals surface area contributed by atoms with Crippen molar-refractivity contribution in [2.45, 2.75) is 11.8 Å². The lowest BCUT2D eigenvalue weighted by Gasteiger charge is -2.08. The van der Waals surface area contributed by atoms with E-state index in [1.807, 2.05) is 0 Å². The summed E-state index contributed by atoms with van der Waals surface area (Å²) in [7, 11) is -2.20. The molecule has 0 amide bonds. The summed E-state index contributed by atoms with van der Waals surface area (Å²) in [4.78, 5) is 7.55. The van der Waals surface area contributed by atoms with Crippen LogP contribution in [0.3, 0.4) is 0 Å². The van der Waals surface area contributed by atoms with Gasteiger partial charge < -0.3 is 9.84 Å². The van der Waals surface area contributed by atoms with Gasteiger partial charge in [0.05, 0.1) is 5.69 Å². The van der Waals surface area contributed by atoms with Crippen LogP contribution < -0.4 is 10.0 Å². The number of nitrogens with zero attached hydrogens (tertiary/aromatic N) is 3. The summed E-state index contributed by atoms with van der Waals surface area (Å²) in [6.07, 6.45) is 2.72. The Bertz CT molecular complexity index is 652. The molecule has 0 aliphatic rings. The number of aryl methyl sites for hydroxylation is 1. The molecule has 0 aliphatic heterocycles. The Morgan fingerprint density at radius 1 is 1.39 bits per heavy atom. The number of hydrogen-bond acceptors (Lipinski definition) is 7. The molecule has 0 saturated heterocycles. The molecule has 18 heavy (non-hydrogen) atoms. The van der Waals surface area contributed by atoms with Crippen LogP contribution in [-0.4, -0.2) is 30.6 Å². The van der Waals surface area contributed by atoms with Gasteiger partial charge in [-0.3, -0.25) is 4.98 Å². The average Bonchev–Trinajstić information content (AvgIpc) is 2.74. The zero-order valence-corrected chi connectivity index (χ0v) is 10.5. The van der Waals surface area contributed by atoms with Crippen LogP contribution in [0.1, 0.15) is 5.82 Å². The van der Waals surface area contributed by atoms with Crippen molar-refractivity contribution in [2.75, 3.05) is 17.1 Å². The van der Waals surface area contributed by atoms with E-state index in [0.717, 1.165) is 0 Å². The predicted molar refractivity (Wildman–Crippen MR) is 63.6 cm³/mol. The minimum atomic E-state index is -3.81. The minimum absolute atomic E-state index is 0.00310. The first-order valence-corrected chi connectivity index (χ1v) is 6.46. The Hall–Kier alpha value is -2.16. The summed E-state index contributed by atoms with van der Waals surface area (Å²) in [6, 6.07) is 1.37. The van der Waals surface area contributed by atoms with E-state index in [1.54, 1.807) is 20.0 Å². The third kappa shape index (κ3) is 2.40. The van der Waals surface area contributed by atoms with Crippen LogP contribution in [-0.2, 0) is 10.0 Å². The largest absolute Gasteiger partial charge is 0.387 e. The zero-order valence-electron chi connectivity index (χ0n) is 9.71. The van der Waals surface area contributed by atoms with Crippen molar-refractivity contribution in [2.24, 2.45) is 0 Å². The van der Waals surface area contributed by atoms with Crippen molar-refractivity contribution in [3.05, 3.63) is 24.3 Å². The highest BCUT2D eigenvalue weighted by Gasteiger charge is 2.21. The molecular formula is C9H11N5O3S. The van der Waals surface area contributed by atoms with Gasteiger partial charge in [0.25, 0.3) is 10.0 Å². The molecule has 0 unspecified atom stereocenters. The first kappa shape index (κ1) is 12.3. The minimum Gasteiger partial charge on any atom is -0.387 e. The number of nitrogens with one attached hydrogen (secondary N) is 2. The fraction of sp³-hybridized carbons (Fsp3) is 0.222. The molecule has 2 rings (SSSR count). The molecule has 0 bridgehead atoms. The van der Waals surface area contributed by atoms with Gasteiger partial charge in [0.15, 0.2) is 5.82 Å². The summed E-state index contributed by atoms with van der Waals surface area (Å²) in [6.45, 7) is 1.59. The molecule has 2 N–H and O–H groups in total. The van der Waals surface area contributed by atoms with Crippen LogP contribution in [0.5, 0.6) is 0 Å². The van der Waals surface area contributed by atoms with Crippen molar-refractivity contribution in [1.82, 2.24) is 15.1 Å². The summed E-state index contributed by atoms with van der Waals surface area (Å²) >= 11 is 0. The second-order valence-corrected chi connectivity index (χ2v) is 5.02. The lowest BCUT2D eigenvalue weighted by Crippen LogP contribution is -2.15. The summed E-state index contributed by atoms with van der Waals surface area (Å²) in [5.74, 6) is 0.340. The second-order valence-electron chi connectivity index (χ2n) is 3.37. The number of sulfonamides is 1. The quantitative estimate of drug-likeness (QED) is 0.836. The molecule has 0 radical (unpaired) electrons. The smallest absolute Gasteiger partial charge is 0.335 e. The van der Waals surface area contributed by atoms with Crippen LogP contribution in [0.25, 0.3) is 0 Å². The number of rotatable bonds is 4. The van der Waals surface area contributed by atoms with Crippen molar-refractivity contribution >= 4 is 21.7 Å². The van der Waals surface area contributed by atoms with Crippen molar-refractivity contribution in [1.29, 1.82) is 0 Å². The Morgan fingerprint density at radius 3 is 2.78 bits per heavy atom. The molecule has 0 spiro atoms. The van der Waals surface area contributed by atoms with E-state index >= 15 is 0 Å². The maximum atomic E-state index is 12.1. The van der Waals surface area contributed by atoms with E-state index < -0.39 is 10.0 Å². The number of pyridine rings is 1. The summed E-state index contributed by atoms with van der Waals surface area (Å²) in [5, 5.41) is 6.26. The van der Waals surface area contributed by atoms with E-state index in [-0.39, 0.29) is 10.9 Å². The Kier molecular flexibility index (Phi) is 3.15. The van der Waals surface area contributed by atoms with Gasteiger partial charge in [-0.05, 0) is 13.0 Å². The number of anilines is 2. The lowest BCUT2D eigenvalue weighted by atomic mass is 10.4. The van der Waals surface area contributed by atoms with Crippen LogP contribution in [0, 0.1) is 6.92 Å². The molecule has 2 aromatic rings. The monoisotopic (exact) mass is 269 g/mol. The third-order valence-electron chi connectivity index (χ3n) is 2.09. The summed E-state index contributed by atoms with van der Waals surface area (Å²) < 4.78 is 31.0. The molecule has 96 valence electrons. The molecule has 8 nitrogen and oxygen atoms in total. The van der Waals surface area contributed by atoms with Gasteiger partial charge >= 0.3 is 6.01 Å². The first-order chi connectivity index (χ1) is 8.53. The third-order valence-corrected chi connectivity index (χ3v) is 3.44. The van der Waals surface area contributed by atoms with Gasteiger partial charge in [0.2, 0.25) is 0 Å². The van der Waals surface area contributed by atoms with Gasteiger partial charge in [0, 0.05) is 19.4 Å². The van der Waals surface area contributed by atoms with Gasteiger partial charge in [-0.2, -0.15) is 4.98 Å². The van der Waals surface area contributed by atoms with Gasteiger partial charge in [0.1, 0.15) is 4.90 Å². The SMILES string of the molecule is CNc1ccncc1S(=O)(=O)Nc1nc(C)no1. The molecule has 0 aliphatic carbocycles. The van der Waals surface area contributed by atoms with Crippen molar-refractivity contribution in [3.63, 3.8) is 0 Å². The number of hydrogen-bond donors (Lipinski definition) is 2. The maximum absolute atomic E-state index is 12.1. The molecule has 2 heterocycles. The van der Waals surface area contributed by atoms with Crippen LogP contribution in [0.2, 0.25) is 0 Å². The Labute approximate surface area is 103 Å². The van der Waals surface area contributed by atoms with E-state index in [1.165, 1.54) is 12.4 Å². The fourth-order valence-electron chi connectivity index (χ4n) is 1.31. The zero-order chi connectivity index (χ0) is 13.2. The van der Waals surface area contributed by atoms with Crippen LogP contribution in [0.4, 0.5) is 11.7 Å². The lowest BCUT2D eigenvalue weighted by molar-refractivity contribution is 0.429. The molecule has 0 fully saturated rings. The number of aromatic nitrogens is 3. The first-order valence-electron chi connectivity index (χ1n) is 4.98. The van der Waals surface area contributed by atoms with E-state index in [4.69, 9.17) is 4.52 Å².